The first-order valence-corrected chi connectivity index (χ1v) is 7.06. The largest absolute Gasteiger partial charge is 0.395 e. The number of nitrogens with one attached hydrogen (secondary N) is 2. The Kier molecular flexibility index (Phi) is 5.65. The van der Waals surface area contributed by atoms with E-state index in [0.717, 1.165) is 11.3 Å². The molecule has 0 saturated heterocycles. The van der Waals surface area contributed by atoms with Crippen LogP contribution in [-0.4, -0.2) is 29.1 Å². The highest BCUT2D eigenvalue weighted by molar-refractivity contribution is 5.95. The molecule has 0 unspecified atom stereocenters. The number of nitrogens with zero attached hydrogens (tertiary/aromatic N) is 1. The Hall–Kier alpha value is -2.93. The van der Waals surface area contributed by atoms with Gasteiger partial charge in [-0.15, -0.1) is 0 Å². The molecule has 0 radical (unpaired) electrons. The Morgan fingerprint density at radius 3 is 2.70 bits per heavy atom. The molecule has 23 heavy (non-hydrogen) atoms. The molecule has 3 N–H and O–H groups in total. The lowest BCUT2D eigenvalue weighted by molar-refractivity contribution is -0.384. The summed E-state index contributed by atoms with van der Waals surface area (Å²) in [5.74, 6) is -0.266. The van der Waals surface area contributed by atoms with Crippen LogP contribution in [0.4, 0.5) is 11.4 Å². The molecular weight excluding hydrogens is 298 g/mol. The Morgan fingerprint density at radius 2 is 1.96 bits per heavy atom. The summed E-state index contributed by atoms with van der Waals surface area (Å²) in [6.45, 7) is 0.490. The fourth-order valence-electron chi connectivity index (χ4n) is 2.03. The van der Waals surface area contributed by atoms with Gasteiger partial charge in [0.05, 0.1) is 11.5 Å². The van der Waals surface area contributed by atoms with E-state index in [-0.39, 0.29) is 24.7 Å². The van der Waals surface area contributed by atoms with E-state index in [4.69, 9.17) is 5.11 Å². The van der Waals surface area contributed by atoms with E-state index in [1.54, 1.807) is 36.4 Å². The summed E-state index contributed by atoms with van der Waals surface area (Å²) < 4.78 is 0. The lowest BCUT2D eigenvalue weighted by Gasteiger charge is -2.09. The number of non-ortho nitro benzene ring substituents is 1. The molecule has 0 aliphatic rings. The number of hydrogen-bond donors (Lipinski definition) is 3. The number of carbonyl (C=O) groups is 1. The van der Waals surface area contributed by atoms with Gasteiger partial charge in [-0.05, 0) is 23.8 Å². The lowest BCUT2D eigenvalue weighted by atomic mass is 10.1. The first-order chi connectivity index (χ1) is 11.1. The Labute approximate surface area is 133 Å². The van der Waals surface area contributed by atoms with Crippen molar-refractivity contribution in [3.8, 4) is 0 Å². The van der Waals surface area contributed by atoms with E-state index >= 15 is 0 Å². The molecular formula is C16H17N3O4. The van der Waals surface area contributed by atoms with Crippen molar-refractivity contribution in [3.05, 3.63) is 69.8 Å². The Bertz CT molecular complexity index is 703. The second-order valence-corrected chi connectivity index (χ2v) is 4.84. The fourth-order valence-corrected chi connectivity index (χ4v) is 2.03. The van der Waals surface area contributed by atoms with Crippen molar-refractivity contribution in [2.45, 2.75) is 6.54 Å². The van der Waals surface area contributed by atoms with Crippen LogP contribution in [0, 0.1) is 10.1 Å². The summed E-state index contributed by atoms with van der Waals surface area (Å²) in [6, 6.07) is 13.3. The number of rotatable bonds is 7. The standard InChI is InChI=1S/C16H17N3O4/c20-8-7-17-16(21)13-4-2-5-14(10-13)18-11-12-3-1-6-15(9-12)19(22)23/h1-6,9-10,18,20H,7-8,11H2,(H,17,21). The molecule has 0 heterocycles. The normalized spacial score (nSPS) is 10.1. The highest BCUT2D eigenvalue weighted by atomic mass is 16.6. The molecule has 0 aliphatic heterocycles. The number of carbonyl (C=O) groups excluding carboxylic acids is 1. The molecule has 0 fully saturated rings. The molecule has 1 amide bonds. The summed E-state index contributed by atoms with van der Waals surface area (Å²) in [5.41, 5.74) is 2.02. The van der Waals surface area contributed by atoms with Gasteiger partial charge >= 0.3 is 0 Å². The summed E-state index contributed by atoms with van der Waals surface area (Å²) in [4.78, 5) is 22.1. The number of aliphatic hydroxyl groups is 1. The molecule has 7 heteroatoms. The van der Waals surface area contributed by atoms with Crippen LogP contribution in [0.1, 0.15) is 15.9 Å². The number of amides is 1. The number of nitro benzene ring substituents is 1. The van der Waals surface area contributed by atoms with Crippen LogP contribution < -0.4 is 10.6 Å². The zero-order valence-corrected chi connectivity index (χ0v) is 12.4. The third-order valence-electron chi connectivity index (χ3n) is 3.14. The van der Waals surface area contributed by atoms with Crippen molar-refractivity contribution >= 4 is 17.3 Å². The summed E-state index contributed by atoms with van der Waals surface area (Å²) in [7, 11) is 0. The van der Waals surface area contributed by atoms with Crippen LogP contribution in [0.15, 0.2) is 48.5 Å². The van der Waals surface area contributed by atoms with E-state index < -0.39 is 4.92 Å². The zero-order chi connectivity index (χ0) is 16.7. The Morgan fingerprint density at radius 1 is 1.17 bits per heavy atom. The van der Waals surface area contributed by atoms with Crippen LogP contribution >= 0.6 is 0 Å². The van der Waals surface area contributed by atoms with Crippen molar-refractivity contribution in [3.63, 3.8) is 0 Å². The van der Waals surface area contributed by atoms with E-state index in [1.165, 1.54) is 12.1 Å². The van der Waals surface area contributed by atoms with Gasteiger partial charge in [0, 0.05) is 36.5 Å². The third-order valence-corrected chi connectivity index (χ3v) is 3.14. The summed E-state index contributed by atoms with van der Waals surface area (Å²) in [6.07, 6.45) is 0. The van der Waals surface area contributed by atoms with Gasteiger partial charge in [-0.2, -0.15) is 0 Å². The molecule has 0 aliphatic carbocycles. The molecule has 120 valence electrons. The molecule has 0 bridgehead atoms. The van der Waals surface area contributed by atoms with Crippen molar-refractivity contribution in [1.29, 1.82) is 0 Å². The van der Waals surface area contributed by atoms with E-state index in [0.29, 0.717) is 12.1 Å². The summed E-state index contributed by atoms with van der Waals surface area (Å²) in [5, 5.41) is 25.2. The second kappa shape index (κ2) is 7.90. The average molecular weight is 315 g/mol. The van der Waals surface area contributed by atoms with Crippen LogP contribution in [0.2, 0.25) is 0 Å². The number of nitro groups is 1. The maximum atomic E-state index is 11.8. The average Bonchev–Trinajstić information content (AvgIpc) is 2.58. The van der Waals surface area contributed by atoms with Crippen LogP contribution in [0.3, 0.4) is 0 Å². The predicted octanol–water partition coefficient (Wildman–Crippen LogP) is 1.93. The van der Waals surface area contributed by atoms with Gasteiger partial charge in [-0.1, -0.05) is 18.2 Å². The highest BCUT2D eigenvalue weighted by Gasteiger charge is 2.07. The van der Waals surface area contributed by atoms with Gasteiger partial charge in [0.15, 0.2) is 0 Å². The first kappa shape index (κ1) is 16.4. The second-order valence-electron chi connectivity index (χ2n) is 4.84. The Balaban J connectivity index is 2.02. The van der Waals surface area contributed by atoms with E-state index in [1.807, 2.05) is 0 Å². The predicted molar refractivity (Wildman–Crippen MR) is 86.3 cm³/mol. The molecule has 2 aromatic carbocycles. The number of aliphatic hydroxyl groups excluding tert-OH is 1. The first-order valence-electron chi connectivity index (χ1n) is 7.06. The summed E-state index contributed by atoms with van der Waals surface area (Å²) >= 11 is 0. The van der Waals surface area contributed by atoms with Gasteiger partial charge in [0.2, 0.25) is 0 Å². The highest BCUT2D eigenvalue weighted by Crippen LogP contribution is 2.16. The smallest absolute Gasteiger partial charge is 0.269 e. The lowest BCUT2D eigenvalue weighted by Crippen LogP contribution is -2.26. The van der Waals surface area contributed by atoms with Gasteiger partial charge in [0.25, 0.3) is 11.6 Å². The quantitative estimate of drug-likeness (QED) is 0.535. The molecule has 0 spiro atoms. The maximum Gasteiger partial charge on any atom is 0.269 e. The van der Waals surface area contributed by atoms with Crippen molar-refractivity contribution in [1.82, 2.24) is 5.32 Å². The number of anilines is 1. The minimum absolute atomic E-state index is 0.0430. The van der Waals surface area contributed by atoms with Gasteiger partial charge in [-0.25, -0.2) is 0 Å². The molecule has 2 aromatic rings. The minimum Gasteiger partial charge on any atom is -0.395 e. The zero-order valence-electron chi connectivity index (χ0n) is 12.4. The third kappa shape index (κ3) is 4.79. The fraction of sp³-hybridized carbons (Fsp3) is 0.188. The van der Waals surface area contributed by atoms with Crippen molar-refractivity contribution in [2.24, 2.45) is 0 Å². The molecule has 0 aromatic heterocycles. The van der Waals surface area contributed by atoms with Gasteiger partial charge < -0.3 is 15.7 Å². The van der Waals surface area contributed by atoms with E-state index in [9.17, 15) is 14.9 Å². The SMILES string of the molecule is O=C(NCCO)c1cccc(NCc2cccc([N+](=O)[O-])c2)c1. The van der Waals surface area contributed by atoms with Crippen molar-refractivity contribution in [2.75, 3.05) is 18.5 Å². The molecule has 7 nitrogen and oxygen atoms in total. The van der Waals surface area contributed by atoms with Crippen LogP contribution in [0.5, 0.6) is 0 Å². The molecule has 0 atom stereocenters. The molecule has 2 rings (SSSR count). The van der Waals surface area contributed by atoms with Crippen LogP contribution in [0.25, 0.3) is 0 Å². The number of hydrogen-bond acceptors (Lipinski definition) is 5. The topological polar surface area (TPSA) is 104 Å². The maximum absolute atomic E-state index is 11.8. The van der Waals surface area contributed by atoms with Gasteiger partial charge in [-0.3, -0.25) is 14.9 Å². The molecule has 0 saturated carbocycles. The van der Waals surface area contributed by atoms with Crippen LogP contribution in [-0.2, 0) is 6.54 Å². The van der Waals surface area contributed by atoms with E-state index in [2.05, 4.69) is 10.6 Å². The van der Waals surface area contributed by atoms with Gasteiger partial charge in [0.1, 0.15) is 0 Å². The number of benzene rings is 2. The minimum atomic E-state index is -0.435. The monoisotopic (exact) mass is 315 g/mol. The van der Waals surface area contributed by atoms with Crippen molar-refractivity contribution < 1.29 is 14.8 Å².